The number of aliphatic imine (C=N–C) groups is 1. The van der Waals surface area contributed by atoms with Crippen LogP contribution in [-0.2, 0) is 6.18 Å². The fraction of sp³-hybridized carbons (Fsp3) is 0.100. The number of aryl methyl sites for hydroxylation is 1. The Balaban J connectivity index is 1.46. The minimum absolute atomic E-state index is 0.0496. The van der Waals surface area contributed by atoms with Gasteiger partial charge >= 0.3 is 12.2 Å². The number of amides is 2. The van der Waals surface area contributed by atoms with Crippen molar-refractivity contribution in [1.82, 2.24) is 10.9 Å². The summed E-state index contributed by atoms with van der Waals surface area (Å²) in [5.41, 5.74) is 8.98. The first-order valence-electron chi connectivity index (χ1n) is 8.92. The average molecular weight is 414 g/mol. The molecule has 2 amide bonds. The molecule has 4 rings (SSSR count). The van der Waals surface area contributed by atoms with E-state index in [1.807, 2.05) is 17.9 Å². The topological polar surface area (TPSA) is 80.8 Å². The van der Waals surface area contributed by atoms with Crippen LogP contribution in [0.2, 0.25) is 0 Å². The molecule has 0 unspecified atom stereocenters. The van der Waals surface area contributed by atoms with Crippen LogP contribution in [0.25, 0.3) is 0 Å². The van der Waals surface area contributed by atoms with E-state index in [1.54, 1.807) is 30.9 Å². The highest BCUT2D eigenvalue weighted by Crippen LogP contribution is 2.31. The van der Waals surface area contributed by atoms with Crippen LogP contribution in [0.3, 0.4) is 0 Å². The van der Waals surface area contributed by atoms with Gasteiger partial charge in [-0.05, 0) is 48.9 Å². The van der Waals surface area contributed by atoms with Gasteiger partial charge in [-0.3, -0.25) is 10.3 Å². The van der Waals surface area contributed by atoms with Gasteiger partial charge in [0.15, 0.2) is 0 Å². The summed E-state index contributed by atoms with van der Waals surface area (Å²) < 4.78 is 38.5. The highest BCUT2D eigenvalue weighted by Gasteiger charge is 2.30. The van der Waals surface area contributed by atoms with Crippen molar-refractivity contribution < 1.29 is 18.0 Å². The molecule has 0 aromatic heterocycles. The van der Waals surface area contributed by atoms with Crippen LogP contribution < -0.4 is 26.4 Å². The number of anilines is 3. The maximum Gasteiger partial charge on any atom is 0.416 e. The number of rotatable bonds is 3. The fourth-order valence-electron chi connectivity index (χ4n) is 3.06. The first-order chi connectivity index (χ1) is 14.3. The third-order valence-electron chi connectivity index (χ3n) is 4.52. The van der Waals surface area contributed by atoms with E-state index in [0.29, 0.717) is 5.69 Å². The molecule has 10 heteroatoms. The van der Waals surface area contributed by atoms with E-state index in [4.69, 9.17) is 0 Å². The number of nitrogens with zero attached hydrogens (tertiary/aromatic N) is 2. The maximum absolute atomic E-state index is 12.8. The smallest absolute Gasteiger partial charge is 0.308 e. The zero-order chi connectivity index (χ0) is 21.3. The number of hydrazine groups is 1. The zero-order valence-corrected chi connectivity index (χ0v) is 15.7. The summed E-state index contributed by atoms with van der Waals surface area (Å²) in [5, 5.41) is 5.08. The van der Waals surface area contributed by atoms with Crippen LogP contribution in [0.4, 0.5) is 35.0 Å². The number of carbonyl (C=O) groups excluding carboxylic acids is 1. The Morgan fingerprint density at radius 3 is 2.73 bits per heavy atom. The molecule has 30 heavy (non-hydrogen) atoms. The lowest BCUT2D eigenvalue weighted by Crippen LogP contribution is -2.26. The highest BCUT2D eigenvalue weighted by atomic mass is 19.4. The zero-order valence-electron chi connectivity index (χ0n) is 15.7. The molecule has 0 spiro atoms. The van der Waals surface area contributed by atoms with Gasteiger partial charge in [0.2, 0.25) is 0 Å². The van der Waals surface area contributed by atoms with Crippen molar-refractivity contribution in [2.45, 2.75) is 13.1 Å². The minimum Gasteiger partial charge on any atom is -0.308 e. The van der Waals surface area contributed by atoms with E-state index in [2.05, 4.69) is 26.5 Å². The molecule has 2 aliphatic heterocycles. The van der Waals surface area contributed by atoms with Crippen molar-refractivity contribution in [2.24, 2.45) is 4.99 Å². The third-order valence-corrected chi connectivity index (χ3v) is 4.52. The van der Waals surface area contributed by atoms with E-state index < -0.39 is 17.8 Å². The molecule has 0 fully saturated rings. The lowest BCUT2D eigenvalue weighted by Gasteiger charge is -2.24. The summed E-state index contributed by atoms with van der Waals surface area (Å²) in [6, 6.07) is 9.22. The number of hydrogen-bond donors (Lipinski definition) is 4. The molecule has 7 nitrogen and oxygen atoms in total. The van der Waals surface area contributed by atoms with Gasteiger partial charge in [-0.2, -0.15) is 13.2 Å². The monoisotopic (exact) mass is 414 g/mol. The molecule has 0 saturated heterocycles. The van der Waals surface area contributed by atoms with Crippen molar-refractivity contribution >= 4 is 29.4 Å². The number of hydrogen-bond acceptors (Lipinski definition) is 5. The molecule has 2 aliphatic rings. The Morgan fingerprint density at radius 2 is 1.97 bits per heavy atom. The first kappa shape index (κ1) is 19.4. The van der Waals surface area contributed by atoms with Crippen molar-refractivity contribution in [3.8, 4) is 0 Å². The largest absolute Gasteiger partial charge is 0.416 e. The van der Waals surface area contributed by atoms with Gasteiger partial charge in [0.1, 0.15) is 0 Å². The minimum atomic E-state index is -4.48. The van der Waals surface area contributed by atoms with Crippen LogP contribution in [0.15, 0.2) is 71.3 Å². The summed E-state index contributed by atoms with van der Waals surface area (Å²) in [6.45, 7) is 1.82. The summed E-state index contributed by atoms with van der Waals surface area (Å²) >= 11 is 0. The highest BCUT2D eigenvalue weighted by molar-refractivity contribution is 6.00. The van der Waals surface area contributed by atoms with Gasteiger partial charge in [0, 0.05) is 23.3 Å². The third kappa shape index (κ3) is 3.93. The quantitative estimate of drug-likeness (QED) is 0.604. The van der Waals surface area contributed by atoms with E-state index in [9.17, 15) is 18.0 Å². The molecule has 4 N–H and O–H groups in total. The normalized spacial score (nSPS) is 14.9. The molecule has 2 heterocycles. The molecule has 2 aromatic rings. The number of fused-ring (bicyclic) bond motifs is 1. The van der Waals surface area contributed by atoms with Crippen LogP contribution >= 0.6 is 0 Å². The van der Waals surface area contributed by atoms with Crippen LogP contribution in [-0.4, -0.2) is 12.4 Å². The Hall–Kier alpha value is -3.95. The van der Waals surface area contributed by atoms with Gasteiger partial charge in [-0.1, -0.05) is 6.07 Å². The van der Waals surface area contributed by atoms with Gasteiger partial charge < -0.3 is 16.1 Å². The van der Waals surface area contributed by atoms with Crippen molar-refractivity contribution in [1.29, 1.82) is 0 Å². The SMILES string of the molecule is Cc1cc(N2C=NC=C3NNC=C32)ccc1NC(=O)Nc1cccc(C(F)(F)F)c1. The second-order valence-corrected chi connectivity index (χ2v) is 6.63. The average Bonchev–Trinajstić information content (AvgIpc) is 3.18. The Labute approximate surface area is 170 Å². The number of benzene rings is 2. The van der Waals surface area contributed by atoms with Crippen molar-refractivity contribution in [3.63, 3.8) is 0 Å². The summed E-state index contributed by atoms with van der Waals surface area (Å²) in [7, 11) is 0. The van der Waals surface area contributed by atoms with E-state index >= 15 is 0 Å². The number of urea groups is 1. The molecule has 0 saturated carbocycles. The first-order valence-corrected chi connectivity index (χ1v) is 8.92. The predicted octanol–water partition coefficient (Wildman–Crippen LogP) is 4.30. The van der Waals surface area contributed by atoms with Crippen LogP contribution in [0.1, 0.15) is 11.1 Å². The molecule has 0 aliphatic carbocycles. The molecular weight excluding hydrogens is 397 g/mol. The number of nitrogens with one attached hydrogen (secondary N) is 4. The summed E-state index contributed by atoms with van der Waals surface area (Å²) in [6.07, 6.45) is 0.698. The number of carbonyl (C=O) groups is 1. The second kappa shape index (κ2) is 7.47. The van der Waals surface area contributed by atoms with Gasteiger partial charge in [0.25, 0.3) is 0 Å². The van der Waals surface area contributed by atoms with E-state index in [-0.39, 0.29) is 5.69 Å². The van der Waals surface area contributed by atoms with Crippen molar-refractivity contribution in [2.75, 3.05) is 15.5 Å². The van der Waals surface area contributed by atoms with Gasteiger partial charge in [0.05, 0.1) is 29.5 Å². The molecule has 0 atom stereocenters. The lowest BCUT2D eigenvalue weighted by molar-refractivity contribution is -0.137. The number of alkyl halides is 3. The lowest BCUT2D eigenvalue weighted by atomic mass is 10.1. The van der Waals surface area contributed by atoms with E-state index in [0.717, 1.165) is 34.8 Å². The Morgan fingerprint density at radius 1 is 1.13 bits per heavy atom. The second-order valence-electron chi connectivity index (χ2n) is 6.63. The van der Waals surface area contributed by atoms with Crippen molar-refractivity contribution in [3.05, 3.63) is 77.4 Å². The van der Waals surface area contributed by atoms with Gasteiger partial charge in [-0.25, -0.2) is 9.79 Å². The summed E-state index contributed by atoms with van der Waals surface area (Å²) in [4.78, 5) is 18.3. The summed E-state index contributed by atoms with van der Waals surface area (Å²) in [5.74, 6) is 0. The fourth-order valence-corrected chi connectivity index (χ4v) is 3.06. The molecular formula is C20H17F3N6O. The van der Waals surface area contributed by atoms with Gasteiger partial charge in [-0.15, -0.1) is 0 Å². The van der Waals surface area contributed by atoms with E-state index in [1.165, 1.54) is 12.1 Å². The van der Waals surface area contributed by atoms with Crippen LogP contribution in [0, 0.1) is 6.92 Å². The maximum atomic E-state index is 12.8. The van der Waals surface area contributed by atoms with Crippen LogP contribution in [0.5, 0.6) is 0 Å². The predicted molar refractivity (Wildman–Crippen MR) is 109 cm³/mol. The molecule has 0 radical (unpaired) electrons. The number of halogens is 3. The molecule has 0 bridgehead atoms. The molecule has 2 aromatic carbocycles. The Bertz CT molecular complexity index is 1090. The Kier molecular flexibility index (Phi) is 4.82. The molecule has 154 valence electrons. The standard InChI is InChI=1S/C20H17F3N6O/c1-12-7-15(29-11-24-9-17-18(29)10-25-28-17)5-6-16(12)27-19(30)26-14-4-2-3-13(8-14)20(21,22)23/h2-11,25,28H,1H3,(H2,26,27,30).